The van der Waals surface area contributed by atoms with Crippen LogP contribution < -0.4 is 10.6 Å². The van der Waals surface area contributed by atoms with Crippen molar-refractivity contribution in [1.29, 1.82) is 0 Å². The van der Waals surface area contributed by atoms with Crippen LogP contribution in [-0.4, -0.2) is 62.0 Å². The lowest BCUT2D eigenvalue weighted by Crippen LogP contribution is -2.37. The van der Waals surface area contributed by atoms with Crippen LogP contribution in [0.2, 0.25) is 0 Å². The summed E-state index contributed by atoms with van der Waals surface area (Å²) >= 11 is 0. The highest BCUT2D eigenvalue weighted by Crippen LogP contribution is 2.28. The van der Waals surface area contributed by atoms with Gasteiger partial charge in [0.2, 0.25) is 0 Å². The number of nitrogens with one attached hydrogen (secondary N) is 2. The van der Waals surface area contributed by atoms with Crippen LogP contribution in [0.3, 0.4) is 0 Å². The van der Waals surface area contributed by atoms with Crippen LogP contribution in [0.5, 0.6) is 0 Å². The highest BCUT2D eigenvalue weighted by atomic mass is 16.6. The zero-order valence-corrected chi connectivity index (χ0v) is 22.0. The molecule has 1 saturated heterocycles. The molecule has 0 aromatic carbocycles. The number of hydrogen-bond donors (Lipinski definition) is 2. The average Bonchev–Trinajstić information content (AvgIpc) is 2.97. The molecule has 0 spiro atoms. The van der Waals surface area contributed by atoms with Gasteiger partial charge in [-0.1, -0.05) is 12.1 Å². The summed E-state index contributed by atoms with van der Waals surface area (Å²) in [5.74, 6) is 0.849. The molecule has 0 aromatic heterocycles. The van der Waals surface area contributed by atoms with Crippen LogP contribution in [0.1, 0.15) is 73.6 Å². The summed E-state index contributed by atoms with van der Waals surface area (Å²) in [5, 5.41) is 9.34. The van der Waals surface area contributed by atoms with E-state index in [1.807, 2.05) is 41.5 Å². The zero-order chi connectivity index (χ0) is 25.7. The lowest BCUT2D eigenvalue weighted by atomic mass is 9.94. The van der Waals surface area contributed by atoms with Crippen LogP contribution in [0, 0.1) is 5.92 Å². The Morgan fingerprint density at radius 3 is 2.50 bits per heavy atom. The minimum atomic E-state index is -0.505. The van der Waals surface area contributed by atoms with Crippen molar-refractivity contribution in [3.8, 4) is 0 Å². The second-order valence-electron chi connectivity index (χ2n) is 9.79. The molecule has 1 rings (SSSR count). The summed E-state index contributed by atoms with van der Waals surface area (Å²) < 4.78 is 11.3. The van der Waals surface area contributed by atoms with E-state index < -0.39 is 5.60 Å². The summed E-state index contributed by atoms with van der Waals surface area (Å²) in [7, 11) is 1.68. The molecular formula is C25H44N4O5. The molecule has 0 bridgehead atoms. The molecule has 0 aromatic rings. The van der Waals surface area contributed by atoms with Crippen LogP contribution >= 0.6 is 0 Å². The predicted octanol–water partition coefficient (Wildman–Crippen LogP) is 4.31. The van der Waals surface area contributed by atoms with E-state index in [0.29, 0.717) is 37.5 Å². The van der Waals surface area contributed by atoms with E-state index in [-0.39, 0.29) is 24.6 Å². The molecule has 1 heterocycles. The van der Waals surface area contributed by atoms with Crippen LogP contribution in [-0.2, 0) is 19.1 Å². The molecular weight excluding hydrogens is 436 g/mol. The molecule has 1 fully saturated rings. The summed E-state index contributed by atoms with van der Waals surface area (Å²) in [6.07, 6.45) is 5.28. The second kappa shape index (κ2) is 14.5. The monoisotopic (exact) mass is 480 g/mol. The van der Waals surface area contributed by atoms with E-state index in [9.17, 15) is 9.59 Å². The molecule has 1 aliphatic heterocycles. The van der Waals surface area contributed by atoms with E-state index in [0.717, 1.165) is 30.6 Å². The molecule has 2 amide bonds. The van der Waals surface area contributed by atoms with Gasteiger partial charge < -0.3 is 29.8 Å². The molecule has 0 aliphatic carbocycles. The predicted molar refractivity (Wildman–Crippen MR) is 134 cm³/mol. The van der Waals surface area contributed by atoms with Gasteiger partial charge in [0.25, 0.3) is 5.91 Å². The SMILES string of the molecule is C=NO/C(CC1CCCN(C(=O)OC(C)(C)C)CC1)=C(\CC)CO/C=C(\NC)C(=O)NC(C)C. The second-order valence-corrected chi connectivity index (χ2v) is 9.79. The third-order valence-corrected chi connectivity index (χ3v) is 5.36. The largest absolute Gasteiger partial charge is 0.494 e. The van der Waals surface area contributed by atoms with Gasteiger partial charge in [0.05, 0.1) is 0 Å². The number of ether oxygens (including phenoxy) is 2. The van der Waals surface area contributed by atoms with E-state index in [2.05, 4.69) is 22.5 Å². The van der Waals surface area contributed by atoms with Gasteiger partial charge in [-0.15, -0.1) is 0 Å². The van der Waals surface area contributed by atoms with Crippen molar-refractivity contribution in [2.24, 2.45) is 11.1 Å². The quantitative estimate of drug-likeness (QED) is 0.198. The van der Waals surface area contributed by atoms with E-state index in [4.69, 9.17) is 14.3 Å². The molecule has 9 heteroatoms. The van der Waals surface area contributed by atoms with Gasteiger partial charge in [0.1, 0.15) is 29.9 Å². The Hall–Kier alpha value is -2.71. The number of carbonyl (C=O) groups is 2. The fourth-order valence-corrected chi connectivity index (χ4v) is 3.64. The lowest BCUT2D eigenvalue weighted by Gasteiger charge is -2.26. The summed E-state index contributed by atoms with van der Waals surface area (Å²) in [4.78, 5) is 32.0. The first-order valence-corrected chi connectivity index (χ1v) is 12.1. The van der Waals surface area contributed by atoms with Crippen molar-refractivity contribution in [1.82, 2.24) is 15.5 Å². The first-order chi connectivity index (χ1) is 16.0. The third kappa shape index (κ3) is 10.9. The van der Waals surface area contributed by atoms with Gasteiger partial charge in [-0.05, 0) is 66.2 Å². The fourth-order valence-electron chi connectivity index (χ4n) is 3.64. The number of carbonyl (C=O) groups excluding carboxylic acids is 2. The van der Waals surface area contributed by atoms with Gasteiger partial charge in [-0.2, -0.15) is 0 Å². The van der Waals surface area contributed by atoms with Crippen LogP contribution in [0.25, 0.3) is 0 Å². The first-order valence-electron chi connectivity index (χ1n) is 12.1. The summed E-state index contributed by atoms with van der Waals surface area (Å²) in [6.45, 7) is 16.5. The molecule has 1 aliphatic rings. The highest BCUT2D eigenvalue weighted by molar-refractivity contribution is 5.92. The topological polar surface area (TPSA) is 101 Å². The zero-order valence-electron chi connectivity index (χ0n) is 22.0. The number of likely N-dealkylation sites (tertiary alicyclic amines) is 1. The average molecular weight is 481 g/mol. The van der Waals surface area contributed by atoms with E-state index in [1.54, 1.807) is 11.9 Å². The highest BCUT2D eigenvalue weighted by Gasteiger charge is 2.26. The maximum Gasteiger partial charge on any atom is 0.410 e. The maximum atomic E-state index is 12.4. The number of allylic oxidation sites excluding steroid dienone is 1. The number of amides is 2. The number of oxime groups is 1. The standard InChI is InChI=1S/C25H44N4O5/c1-9-20(16-32-17-21(26-7)23(30)28-18(2)3)22(34-27-8)15-19-11-10-13-29(14-12-19)24(31)33-25(4,5)6/h17-19,26H,8-16H2,1-7H3,(H,28,30)/b21-17-,22-20+. The van der Waals surface area contributed by atoms with Gasteiger partial charge in [-0.3, -0.25) is 4.79 Å². The Bertz CT molecular complexity index is 740. The molecule has 34 heavy (non-hydrogen) atoms. The van der Waals surface area contributed by atoms with Crippen LogP contribution in [0.4, 0.5) is 4.79 Å². The van der Waals surface area contributed by atoms with Crippen molar-refractivity contribution in [3.05, 3.63) is 23.3 Å². The number of rotatable bonds is 11. The molecule has 0 radical (unpaired) electrons. The Morgan fingerprint density at radius 2 is 1.94 bits per heavy atom. The van der Waals surface area contributed by atoms with Gasteiger partial charge in [0.15, 0.2) is 0 Å². The Kier molecular flexibility index (Phi) is 12.5. The smallest absolute Gasteiger partial charge is 0.410 e. The summed E-state index contributed by atoms with van der Waals surface area (Å²) in [5.41, 5.74) is 0.797. The molecule has 1 unspecified atom stereocenters. The van der Waals surface area contributed by atoms with Crippen molar-refractivity contribution in [3.63, 3.8) is 0 Å². The fraction of sp³-hybridized carbons (Fsp3) is 0.720. The number of likely N-dealkylation sites (N-methyl/N-ethyl adjacent to an activating group) is 1. The molecule has 1 atom stereocenters. The molecule has 9 nitrogen and oxygen atoms in total. The van der Waals surface area contributed by atoms with Crippen molar-refractivity contribution in [2.45, 2.75) is 85.3 Å². The minimum absolute atomic E-state index is 0.0276. The van der Waals surface area contributed by atoms with E-state index >= 15 is 0 Å². The number of hydrogen-bond acceptors (Lipinski definition) is 7. The minimum Gasteiger partial charge on any atom is -0.494 e. The van der Waals surface area contributed by atoms with Crippen molar-refractivity contribution in [2.75, 3.05) is 26.7 Å². The molecule has 194 valence electrons. The van der Waals surface area contributed by atoms with Crippen LogP contribution in [0.15, 0.2) is 28.4 Å². The third-order valence-electron chi connectivity index (χ3n) is 5.36. The van der Waals surface area contributed by atoms with Gasteiger partial charge in [-0.25, -0.2) is 4.79 Å². The Morgan fingerprint density at radius 1 is 1.24 bits per heavy atom. The first kappa shape index (κ1) is 29.3. The molecule has 0 saturated carbocycles. The van der Waals surface area contributed by atoms with Gasteiger partial charge in [0, 0.05) is 44.9 Å². The molecule has 2 N–H and O–H groups in total. The van der Waals surface area contributed by atoms with Crippen molar-refractivity contribution >= 4 is 18.7 Å². The van der Waals surface area contributed by atoms with E-state index in [1.165, 1.54) is 6.26 Å². The Balaban J connectivity index is 2.82. The summed E-state index contributed by atoms with van der Waals surface area (Å²) in [6, 6.07) is 0.0276. The van der Waals surface area contributed by atoms with Crippen molar-refractivity contribution < 1.29 is 23.9 Å². The Labute approximate surface area is 204 Å². The lowest BCUT2D eigenvalue weighted by molar-refractivity contribution is -0.118. The maximum absolute atomic E-state index is 12.4. The number of nitrogens with zero attached hydrogens (tertiary/aromatic N) is 2. The normalized spacial score (nSPS) is 17.9. The van der Waals surface area contributed by atoms with Gasteiger partial charge >= 0.3 is 6.09 Å².